The van der Waals surface area contributed by atoms with E-state index in [1.54, 1.807) is 0 Å². The number of rotatable bonds is 3. The molecule has 4 aromatic rings. The molecule has 0 aromatic heterocycles. The molecule has 0 aliphatic rings. The SMILES string of the molecule is CCCCc1cc2c3ccccc3ccc2c2ccccc12. The number of aryl methyl sites for hydroxylation is 1. The lowest BCUT2D eigenvalue weighted by molar-refractivity contribution is 0.799. The Bertz CT molecular complexity index is 963. The molecule has 0 radical (unpaired) electrons. The topological polar surface area (TPSA) is 0 Å². The molecular weight excluding hydrogens is 264 g/mol. The lowest BCUT2D eigenvalue weighted by atomic mass is 9.92. The minimum atomic E-state index is 1.16. The summed E-state index contributed by atoms with van der Waals surface area (Å²) < 4.78 is 0. The summed E-state index contributed by atoms with van der Waals surface area (Å²) >= 11 is 0. The van der Waals surface area contributed by atoms with Gasteiger partial charge in [0, 0.05) is 0 Å². The average Bonchev–Trinajstić information content (AvgIpc) is 2.59. The van der Waals surface area contributed by atoms with Crippen LogP contribution >= 0.6 is 0 Å². The molecule has 0 spiro atoms. The zero-order valence-corrected chi connectivity index (χ0v) is 13.0. The molecule has 0 heteroatoms. The van der Waals surface area contributed by atoms with Crippen molar-refractivity contribution in [2.75, 3.05) is 0 Å². The maximum Gasteiger partial charge on any atom is -0.00962 e. The average molecular weight is 284 g/mol. The molecule has 0 saturated carbocycles. The van der Waals surface area contributed by atoms with E-state index < -0.39 is 0 Å². The van der Waals surface area contributed by atoms with Crippen molar-refractivity contribution in [2.45, 2.75) is 26.2 Å². The van der Waals surface area contributed by atoms with Gasteiger partial charge >= 0.3 is 0 Å². The molecule has 4 rings (SSSR count). The van der Waals surface area contributed by atoms with E-state index >= 15 is 0 Å². The van der Waals surface area contributed by atoms with Crippen LogP contribution in [0.3, 0.4) is 0 Å². The molecule has 0 amide bonds. The van der Waals surface area contributed by atoms with E-state index in [0.29, 0.717) is 0 Å². The van der Waals surface area contributed by atoms with E-state index in [1.807, 2.05) is 0 Å². The quantitative estimate of drug-likeness (QED) is 0.377. The van der Waals surface area contributed by atoms with Crippen molar-refractivity contribution >= 4 is 32.3 Å². The maximum atomic E-state index is 2.43. The van der Waals surface area contributed by atoms with Crippen LogP contribution in [0.5, 0.6) is 0 Å². The van der Waals surface area contributed by atoms with E-state index in [2.05, 4.69) is 73.7 Å². The molecule has 22 heavy (non-hydrogen) atoms. The first-order valence-corrected chi connectivity index (χ1v) is 8.20. The summed E-state index contributed by atoms with van der Waals surface area (Å²) in [6.45, 7) is 2.26. The first-order chi connectivity index (χ1) is 10.9. The van der Waals surface area contributed by atoms with E-state index in [-0.39, 0.29) is 0 Å². The van der Waals surface area contributed by atoms with Gasteiger partial charge in [-0.1, -0.05) is 74.0 Å². The van der Waals surface area contributed by atoms with Crippen molar-refractivity contribution in [3.8, 4) is 0 Å². The first kappa shape index (κ1) is 13.3. The highest BCUT2D eigenvalue weighted by atomic mass is 14.1. The Morgan fingerprint density at radius 1 is 0.636 bits per heavy atom. The summed E-state index contributed by atoms with van der Waals surface area (Å²) in [5.41, 5.74) is 1.49. The number of benzene rings is 4. The lowest BCUT2D eigenvalue weighted by Gasteiger charge is -2.12. The van der Waals surface area contributed by atoms with Gasteiger partial charge in [-0.05, 0) is 56.8 Å². The van der Waals surface area contributed by atoms with Crippen LogP contribution in [0.25, 0.3) is 32.3 Å². The van der Waals surface area contributed by atoms with Crippen LogP contribution in [0.1, 0.15) is 25.3 Å². The fourth-order valence-electron chi connectivity index (χ4n) is 3.51. The Morgan fingerprint density at radius 3 is 2.14 bits per heavy atom. The Hall–Kier alpha value is -2.34. The summed E-state index contributed by atoms with van der Waals surface area (Å²) in [6.07, 6.45) is 3.65. The van der Waals surface area contributed by atoms with Crippen LogP contribution < -0.4 is 0 Å². The highest BCUT2D eigenvalue weighted by Gasteiger charge is 2.08. The van der Waals surface area contributed by atoms with E-state index in [4.69, 9.17) is 0 Å². The fraction of sp³-hybridized carbons (Fsp3) is 0.182. The highest BCUT2D eigenvalue weighted by Crippen LogP contribution is 2.34. The Labute approximate surface area is 131 Å². The van der Waals surface area contributed by atoms with Crippen molar-refractivity contribution in [1.29, 1.82) is 0 Å². The predicted molar refractivity (Wildman–Crippen MR) is 97.6 cm³/mol. The summed E-state index contributed by atoms with van der Waals surface area (Å²) in [5, 5.41) is 8.25. The lowest BCUT2D eigenvalue weighted by Crippen LogP contribution is -1.90. The molecule has 0 aliphatic carbocycles. The van der Waals surface area contributed by atoms with Gasteiger partial charge in [0.15, 0.2) is 0 Å². The molecule has 108 valence electrons. The van der Waals surface area contributed by atoms with Gasteiger partial charge in [-0.25, -0.2) is 0 Å². The zero-order chi connectivity index (χ0) is 14.9. The number of hydrogen-bond donors (Lipinski definition) is 0. The standard InChI is InChI=1S/C22H20/c1-2-3-8-17-15-22-18-10-5-4-9-16(18)13-14-21(22)20-12-7-6-11-19(17)20/h4-7,9-15H,2-3,8H2,1H3. The molecule has 0 fully saturated rings. The van der Waals surface area contributed by atoms with Gasteiger partial charge < -0.3 is 0 Å². The largest absolute Gasteiger partial charge is 0.0654 e. The van der Waals surface area contributed by atoms with Gasteiger partial charge in [0.1, 0.15) is 0 Å². The second-order valence-electron chi connectivity index (χ2n) is 6.07. The molecule has 0 aliphatic heterocycles. The normalized spacial score (nSPS) is 11.5. The third kappa shape index (κ3) is 2.07. The summed E-state index contributed by atoms with van der Waals surface area (Å²) in [5.74, 6) is 0. The molecule has 0 unspecified atom stereocenters. The van der Waals surface area contributed by atoms with Gasteiger partial charge in [0.2, 0.25) is 0 Å². The minimum Gasteiger partial charge on any atom is -0.0654 e. The molecule has 0 saturated heterocycles. The third-order valence-corrected chi connectivity index (χ3v) is 4.65. The third-order valence-electron chi connectivity index (χ3n) is 4.65. The van der Waals surface area contributed by atoms with Crippen molar-refractivity contribution in [1.82, 2.24) is 0 Å². The molecular formula is C22H20. The Morgan fingerprint density at radius 2 is 1.32 bits per heavy atom. The van der Waals surface area contributed by atoms with Gasteiger partial charge in [0.05, 0.1) is 0 Å². The van der Waals surface area contributed by atoms with Gasteiger partial charge in [-0.3, -0.25) is 0 Å². The monoisotopic (exact) mass is 284 g/mol. The Kier molecular flexibility index (Phi) is 3.31. The van der Waals surface area contributed by atoms with Crippen molar-refractivity contribution in [3.05, 3.63) is 72.3 Å². The van der Waals surface area contributed by atoms with E-state index in [9.17, 15) is 0 Å². The van der Waals surface area contributed by atoms with Gasteiger partial charge in [0.25, 0.3) is 0 Å². The molecule has 0 heterocycles. The first-order valence-electron chi connectivity index (χ1n) is 8.20. The smallest absolute Gasteiger partial charge is 0.00962 e. The number of unbranched alkanes of at least 4 members (excludes halogenated alkanes) is 1. The van der Waals surface area contributed by atoms with Crippen LogP contribution in [0.2, 0.25) is 0 Å². The van der Waals surface area contributed by atoms with Gasteiger partial charge in [-0.2, -0.15) is 0 Å². The van der Waals surface area contributed by atoms with Crippen LogP contribution in [0, 0.1) is 0 Å². The fourth-order valence-corrected chi connectivity index (χ4v) is 3.51. The maximum absolute atomic E-state index is 2.43. The van der Waals surface area contributed by atoms with Crippen LogP contribution in [-0.4, -0.2) is 0 Å². The van der Waals surface area contributed by atoms with Crippen molar-refractivity contribution in [3.63, 3.8) is 0 Å². The van der Waals surface area contributed by atoms with Crippen LogP contribution in [0.15, 0.2) is 66.7 Å². The molecule has 4 aromatic carbocycles. The molecule has 0 nitrogen and oxygen atoms in total. The summed E-state index contributed by atoms with van der Waals surface area (Å²) in [4.78, 5) is 0. The zero-order valence-electron chi connectivity index (χ0n) is 13.0. The highest BCUT2D eigenvalue weighted by molar-refractivity contribution is 6.18. The number of fused-ring (bicyclic) bond motifs is 5. The predicted octanol–water partition coefficient (Wildman–Crippen LogP) is 6.49. The molecule has 0 atom stereocenters. The minimum absolute atomic E-state index is 1.16. The van der Waals surface area contributed by atoms with Crippen LogP contribution in [-0.2, 0) is 6.42 Å². The number of hydrogen-bond acceptors (Lipinski definition) is 0. The summed E-state index contributed by atoms with van der Waals surface area (Å²) in [6, 6.07) is 24.5. The second-order valence-corrected chi connectivity index (χ2v) is 6.07. The van der Waals surface area contributed by atoms with Crippen molar-refractivity contribution < 1.29 is 0 Å². The summed E-state index contributed by atoms with van der Waals surface area (Å²) in [7, 11) is 0. The second kappa shape index (κ2) is 5.46. The molecule has 0 bridgehead atoms. The Balaban J connectivity index is 2.14. The van der Waals surface area contributed by atoms with Crippen molar-refractivity contribution in [2.24, 2.45) is 0 Å². The van der Waals surface area contributed by atoms with E-state index in [1.165, 1.54) is 50.7 Å². The molecule has 0 N–H and O–H groups in total. The van der Waals surface area contributed by atoms with Gasteiger partial charge in [-0.15, -0.1) is 0 Å². The van der Waals surface area contributed by atoms with E-state index in [0.717, 1.165) is 6.42 Å². The van der Waals surface area contributed by atoms with Crippen LogP contribution in [0.4, 0.5) is 0 Å².